The summed E-state index contributed by atoms with van der Waals surface area (Å²) < 4.78 is 0. The van der Waals surface area contributed by atoms with Crippen molar-refractivity contribution >= 4 is 0 Å². The lowest BCUT2D eigenvalue weighted by Gasteiger charge is -2.27. The van der Waals surface area contributed by atoms with Gasteiger partial charge in [0.2, 0.25) is 0 Å². The Kier molecular flexibility index (Phi) is 2.19. The number of hydrogen-bond donors (Lipinski definition) is 1. The summed E-state index contributed by atoms with van der Waals surface area (Å²) in [7, 11) is 0. The van der Waals surface area contributed by atoms with E-state index in [0.29, 0.717) is 0 Å². The van der Waals surface area contributed by atoms with Gasteiger partial charge in [0.15, 0.2) is 0 Å². The van der Waals surface area contributed by atoms with Crippen molar-refractivity contribution < 1.29 is 0 Å². The minimum absolute atomic E-state index is 0.255. The van der Waals surface area contributed by atoms with Crippen LogP contribution in [-0.4, -0.2) is 6.54 Å². The lowest BCUT2D eigenvalue weighted by Crippen LogP contribution is -2.30. The quantitative estimate of drug-likeness (QED) is 0.685. The summed E-state index contributed by atoms with van der Waals surface area (Å²) in [5.74, 6) is 0. The lowest BCUT2D eigenvalue weighted by molar-refractivity contribution is 0.568. The summed E-state index contributed by atoms with van der Waals surface area (Å²) in [4.78, 5) is 0. The van der Waals surface area contributed by atoms with E-state index < -0.39 is 0 Å². The normalized spacial score (nSPS) is 20.8. The average Bonchev–Trinajstić information content (AvgIpc) is 2.17. The van der Waals surface area contributed by atoms with E-state index in [1.807, 2.05) is 0 Å². The van der Waals surface area contributed by atoms with Crippen molar-refractivity contribution in [2.75, 3.05) is 6.54 Å². The summed E-state index contributed by atoms with van der Waals surface area (Å²) in [6, 6.07) is 8.76. The molecule has 1 radical (unpaired) electrons. The fraction of sp³-hybridized carbons (Fsp3) is 0.250. The van der Waals surface area contributed by atoms with Crippen LogP contribution in [0, 0.1) is 6.92 Å². The molecule has 1 aromatic rings. The van der Waals surface area contributed by atoms with Gasteiger partial charge in [-0.2, -0.15) is 0 Å². The van der Waals surface area contributed by atoms with Crippen molar-refractivity contribution in [2.24, 2.45) is 0 Å². The molecule has 0 fully saturated rings. The van der Waals surface area contributed by atoms with Crippen LogP contribution in [0.25, 0.3) is 0 Å². The van der Waals surface area contributed by atoms with Crippen LogP contribution < -0.4 is 5.32 Å². The third-order valence-corrected chi connectivity index (χ3v) is 2.52. The van der Waals surface area contributed by atoms with Gasteiger partial charge in [-0.15, -0.1) is 0 Å². The molecule has 1 aliphatic rings. The highest BCUT2D eigenvalue weighted by Gasteiger charge is 2.18. The zero-order chi connectivity index (χ0) is 9.26. The summed E-state index contributed by atoms with van der Waals surface area (Å²) >= 11 is 0. The van der Waals surface area contributed by atoms with E-state index >= 15 is 0 Å². The van der Waals surface area contributed by atoms with E-state index in [0.717, 1.165) is 18.5 Å². The molecule has 1 aromatic carbocycles. The molecule has 0 amide bonds. The van der Waals surface area contributed by atoms with E-state index in [1.54, 1.807) is 0 Å². The summed E-state index contributed by atoms with van der Waals surface area (Å²) in [6.07, 6.45) is 1.11. The Hall–Kier alpha value is -1.08. The Morgan fingerprint density at radius 2 is 2.15 bits per heavy atom. The van der Waals surface area contributed by atoms with E-state index in [1.165, 1.54) is 11.1 Å². The monoisotopic (exact) mass is 172 g/mol. The van der Waals surface area contributed by atoms with Crippen LogP contribution in [0.2, 0.25) is 0 Å². The molecule has 67 valence electrons. The first-order valence-corrected chi connectivity index (χ1v) is 4.61. The minimum atomic E-state index is 0.255. The number of rotatable bonds is 1. The molecule has 0 aromatic heterocycles. The van der Waals surface area contributed by atoms with E-state index in [9.17, 15) is 0 Å². The minimum Gasteiger partial charge on any atom is -0.306 e. The molecule has 1 nitrogen and oxygen atoms in total. The Morgan fingerprint density at radius 1 is 1.38 bits per heavy atom. The fourth-order valence-corrected chi connectivity index (χ4v) is 1.87. The maximum atomic E-state index is 3.90. The van der Waals surface area contributed by atoms with Crippen LogP contribution in [0.3, 0.4) is 0 Å². The predicted molar refractivity (Wildman–Crippen MR) is 55.4 cm³/mol. The smallest absolute Gasteiger partial charge is 0.0536 e. The highest BCUT2D eigenvalue weighted by atomic mass is 14.9. The zero-order valence-corrected chi connectivity index (χ0v) is 7.72. The van der Waals surface area contributed by atoms with Crippen LogP contribution in [-0.2, 0) is 6.42 Å². The first-order chi connectivity index (χ1) is 6.29. The molecule has 0 saturated carbocycles. The highest BCUT2D eigenvalue weighted by Crippen LogP contribution is 2.26. The predicted octanol–water partition coefficient (Wildman–Crippen LogP) is 2.26. The van der Waals surface area contributed by atoms with Crippen molar-refractivity contribution in [1.82, 2.24) is 5.32 Å². The standard InChI is InChI=1S/C12H14N/c1-9(2)12-11-6-4-3-5-10(11)7-8-13-12/h3-6,12-13H,1-2,7-8H2. The van der Waals surface area contributed by atoms with Crippen LogP contribution in [0.4, 0.5) is 0 Å². The van der Waals surface area contributed by atoms with Crippen LogP contribution >= 0.6 is 0 Å². The van der Waals surface area contributed by atoms with Crippen molar-refractivity contribution in [3.63, 3.8) is 0 Å². The molecule has 1 heteroatoms. The van der Waals surface area contributed by atoms with E-state index in [2.05, 4.69) is 43.1 Å². The third kappa shape index (κ3) is 1.52. The number of benzene rings is 1. The Bertz CT molecular complexity index is 328. The van der Waals surface area contributed by atoms with Gasteiger partial charge in [-0.25, -0.2) is 0 Å². The molecule has 1 heterocycles. The van der Waals surface area contributed by atoms with Gasteiger partial charge in [0.1, 0.15) is 0 Å². The van der Waals surface area contributed by atoms with Crippen molar-refractivity contribution in [2.45, 2.75) is 12.5 Å². The average molecular weight is 172 g/mol. The van der Waals surface area contributed by atoms with Gasteiger partial charge in [0.25, 0.3) is 0 Å². The Balaban J connectivity index is 2.42. The SMILES string of the molecule is [CH2]C(=C)C1NCCc2ccccc21. The molecule has 1 aliphatic heterocycles. The van der Waals surface area contributed by atoms with Crippen molar-refractivity contribution in [3.8, 4) is 0 Å². The van der Waals surface area contributed by atoms with Gasteiger partial charge in [-0.1, -0.05) is 36.4 Å². The van der Waals surface area contributed by atoms with Crippen LogP contribution in [0.15, 0.2) is 36.4 Å². The lowest BCUT2D eigenvalue weighted by atomic mass is 9.91. The molecular formula is C12H14N. The highest BCUT2D eigenvalue weighted by molar-refractivity contribution is 5.37. The number of nitrogens with one attached hydrogen (secondary N) is 1. The molecule has 2 rings (SSSR count). The molecule has 0 spiro atoms. The van der Waals surface area contributed by atoms with Gasteiger partial charge in [-0.3, -0.25) is 0 Å². The van der Waals surface area contributed by atoms with Crippen LogP contribution in [0.5, 0.6) is 0 Å². The molecule has 1 N–H and O–H groups in total. The molecular weight excluding hydrogens is 158 g/mol. The first kappa shape index (κ1) is 8.52. The van der Waals surface area contributed by atoms with Gasteiger partial charge >= 0.3 is 0 Å². The first-order valence-electron chi connectivity index (χ1n) is 4.61. The molecule has 13 heavy (non-hydrogen) atoms. The van der Waals surface area contributed by atoms with E-state index in [-0.39, 0.29) is 6.04 Å². The van der Waals surface area contributed by atoms with Crippen molar-refractivity contribution in [3.05, 3.63) is 54.5 Å². The van der Waals surface area contributed by atoms with Gasteiger partial charge in [-0.05, 0) is 24.5 Å². The molecule has 1 atom stereocenters. The number of hydrogen-bond acceptors (Lipinski definition) is 1. The second kappa shape index (κ2) is 3.35. The molecule has 1 unspecified atom stereocenters. The fourth-order valence-electron chi connectivity index (χ4n) is 1.87. The van der Waals surface area contributed by atoms with Crippen LogP contribution in [0.1, 0.15) is 17.2 Å². The maximum Gasteiger partial charge on any atom is 0.0536 e. The second-order valence-electron chi connectivity index (χ2n) is 3.49. The number of fused-ring (bicyclic) bond motifs is 1. The topological polar surface area (TPSA) is 12.0 Å². The van der Waals surface area contributed by atoms with Gasteiger partial charge < -0.3 is 5.32 Å². The largest absolute Gasteiger partial charge is 0.306 e. The Morgan fingerprint density at radius 3 is 2.92 bits per heavy atom. The zero-order valence-electron chi connectivity index (χ0n) is 7.72. The summed E-state index contributed by atoms with van der Waals surface area (Å²) in [5, 5.41) is 3.41. The molecule has 0 bridgehead atoms. The Labute approximate surface area is 79.5 Å². The second-order valence-corrected chi connectivity index (χ2v) is 3.49. The van der Waals surface area contributed by atoms with Gasteiger partial charge in [0, 0.05) is 6.54 Å². The van der Waals surface area contributed by atoms with E-state index in [4.69, 9.17) is 0 Å². The summed E-state index contributed by atoms with van der Waals surface area (Å²) in [6.45, 7) is 8.83. The molecule has 0 aliphatic carbocycles. The molecule has 0 saturated heterocycles. The maximum absolute atomic E-state index is 3.90. The summed E-state index contributed by atoms with van der Waals surface area (Å²) in [5.41, 5.74) is 3.72. The third-order valence-electron chi connectivity index (χ3n) is 2.52. The van der Waals surface area contributed by atoms with Crippen molar-refractivity contribution in [1.29, 1.82) is 0 Å². The van der Waals surface area contributed by atoms with Gasteiger partial charge in [0.05, 0.1) is 6.04 Å².